The van der Waals surface area contributed by atoms with Gasteiger partial charge in [0.1, 0.15) is 0 Å². The molecule has 2 nitrogen and oxygen atoms in total. The zero-order valence-corrected chi connectivity index (χ0v) is 11.3. The second kappa shape index (κ2) is 5.55. The monoisotopic (exact) mass is 296 g/mol. The van der Waals surface area contributed by atoms with Gasteiger partial charge in [-0.3, -0.25) is 0 Å². The van der Waals surface area contributed by atoms with Crippen LogP contribution in [0.4, 0.5) is 18.9 Å². The van der Waals surface area contributed by atoms with E-state index >= 15 is 0 Å². The molecule has 1 unspecified atom stereocenters. The Morgan fingerprint density at radius 2 is 2.05 bits per heavy atom. The molecule has 0 bridgehead atoms. The van der Waals surface area contributed by atoms with Crippen LogP contribution in [0.2, 0.25) is 0 Å². The Labute approximate surface area is 118 Å². The number of hydrogen-bond donors (Lipinski definition) is 1. The minimum absolute atomic E-state index is 0.0375. The van der Waals surface area contributed by atoms with Crippen molar-refractivity contribution in [3.05, 3.63) is 51.7 Å². The van der Waals surface area contributed by atoms with Crippen LogP contribution in [-0.2, 0) is 6.18 Å². The number of anilines is 1. The average molecular weight is 296 g/mol. The first-order valence-electron chi connectivity index (χ1n) is 5.82. The second-order valence-corrected chi connectivity index (χ2v) is 5.07. The van der Waals surface area contributed by atoms with E-state index in [0.717, 1.165) is 11.6 Å². The van der Waals surface area contributed by atoms with Gasteiger partial charge in [-0.2, -0.15) is 29.8 Å². The fraction of sp³-hybridized carbons (Fsp3) is 0.214. The lowest BCUT2D eigenvalue weighted by atomic mass is 10.1. The van der Waals surface area contributed by atoms with Crippen LogP contribution in [0.5, 0.6) is 0 Å². The van der Waals surface area contributed by atoms with E-state index in [9.17, 15) is 13.2 Å². The fourth-order valence-corrected chi connectivity index (χ4v) is 2.58. The van der Waals surface area contributed by atoms with Gasteiger partial charge < -0.3 is 5.32 Å². The molecule has 0 radical (unpaired) electrons. The maximum absolute atomic E-state index is 12.7. The predicted octanol–water partition coefficient (Wildman–Crippen LogP) is 4.81. The Kier molecular flexibility index (Phi) is 4.00. The fourth-order valence-electron chi connectivity index (χ4n) is 1.83. The summed E-state index contributed by atoms with van der Waals surface area (Å²) in [6.45, 7) is 1.91. The highest BCUT2D eigenvalue weighted by atomic mass is 32.1. The molecule has 0 aliphatic rings. The van der Waals surface area contributed by atoms with Crippen LogP contribution in [0.15, 0.2) is 35.0 Å². The molecule has 0 saturated heterocycles. The molecule has 1 heterocycles. The van der Waals surface area contributed by atoms with Gasteiger partial charge in [-0.05, 0) is 47.5 Å². The maximum Gasteiger partial charge on any atom is 0.417 e. The van der Waals surface area contributed by atoms with Crippen LogP contribution < -0.4 is 5.32 Å². The van der Waals surface area contributed by atoms with Crippen molar-refractivity contribution in [3.63, 3.8) is 0 Å². The highest BCUT2D eigenvalue weighted by Gasteiger charge is 2.33. The number of rotatable bonds is 3. The number of nitrogens with one attached hydrogen (secondary N) is 1. The molecule has 2 aromatic rings. The maximum atomic E-state index is 12.7. The summed E-state index contributed by atoms with van der Waals surface area (Å²) in [5, 5.41) is 15.8. The summed E-state index contributed by atoms with van der Waals surface area (Å²) >= 11 is 1.55. The first kappa shape index (κ1) is 14.4. The third-order valence-electron chi connectivity index (χ3n) is 2.87. The average Bonchev–Trinajstić information content (AvgIpc) is 2.91. The third-order valence-corrected chi connectivity index (χ3v) is 3.57. The SMILES string of the molecule is CC(Nc1ccc(C(F)(F)F)c(C#N)c1)c1ccsc1. The van der Waals surface area contributed by atoms with Crippen LogP contribution in [0, 0.1) is 11.3 Å². The van der Waals surface area contributed by atoms with Crippen molar-refractivity contribution >= 4 is 17.0 Å². The topological polar surface area (TPSA) is 35.8 Å². The lowest BCUT2D eigenvalue weighted by Gasteiger charge is -2.16. The van der Waals surface area contributed by atoms with Crippen LogP contribution in [0.1, 0.15) is 29.7 Å². The minimum Gasteiger partial charge on any atom is -0.378 e. The number of hydrogen-bond acceptors (Lipinski definition) is 3. The summed E-state index contributed by atoms with van der Waals surface area (Å²) in [4.78, 5) is 0. The van der Waals surface area contributed by atoms with E-state index in [4.69, 9.17) is 5.26 Å². The van der Waals surface area contributed by atoms with E-state index < -0.39 is 11.7 Å². The van der Waals surface area contributed by atoms with Crippen LogP contribution >= 0.6 is 11.3 Å². The number of benzene rings is 1. The Morgan fingerprint density at radius 1 is 1.30 bits per heavy atom. The number of alkyl halides is 3. The highest BCUT2D eigenvalue weighted by molar-refractivity contribution is 7.07. The first-order valence-corrected chi connectivity index (χ1v) is 6.76. The Morgan fingerprint density at radius 3 is 2.60 bits per heavy atom. The molecule has 0 spiro atoms. The summed E-state index contributed by atoms with van der Waals surface area (Å²) in [7, 11) is 0. The zero-order chi connectivity index (χ0) is 14.8. The van der Waals surface area contributed by atoms with Crippen molar-refractivity contribution in [2.24, 2.45) is 0 Å². The number of thiophene rings is 1. The van der Waals surface area contributed by atoms with E-state index in [1.165, 1.54) is 12.1 Å². The number of nitriles is 1. The highest BCUT2D eigenvalue weighted by Crippen LogP contribution is 2.33. The van der Waals surface area contributed by atoms with E-state index in [2.05, 4.69) is 5.32 Å². The molecule has 0 amide bonds. The summed E-state index contributed by atoms with van der Waals surface area (Å²) in [6, 6.07) is 7.00. The van der Waals surface area contributed by atoms with Gasteiger partial charge in [0.25, 0.3) is 0 Å². The van der Waals surface area contributed by atoms with Gasteiger partial charge in [0.05, 0.1) is 17.2 Å². The van der Waals surface area contributed by atoms with Gasteiger partial charge in [-0.1, -0.05) is 0 Å². The lowest BCUT2D eigenvalue weighted by molar-refractivity contribution is -0.137. The molecule has 6 heteroatoms. The molecule has 1 aromatic heterocycles. The van der Waals surface area contributed by atoms with E-state index in [-0.39, 0.29) is 11.6 Å². The quantitative estimate of drug-likeness (QED) is 0.882. The molecule has 20 heavy (non-hydrogen) atoms. The molecule has 0 aliphatic carbocycles. The van der Waals surface area contributed by atoms with Gasteiger partial charge in [0, 0.05) is 11.7 Å². The number of nitrogens with zero attached hydrogens (tertiary/aromatic N) is 1. The van der Waals surface area contributed by atoms with Crippen molar-refractivity contribution in [1.82, 2.24) is 0 Å². The molecule has 0 saturated carbocycles. The summed E-state index contributed by atoms with van der Waals surface area (Å²) in [5.74, 6) is 0. The van der Waals surface area contributed by atoms with Gasteiger partial charge in [-0.25, -0.2) is 0 Å². The third kappa shape index (κ3) is 3.11. The molecule has 1 aromatic carbocycles. The smallest absolute Gasteiger partial charge is 0.378 e. The molecular formula is C14H11F3N2S. The number of halogens is 3. The van der Waals surface area contributed by atoms with E-state index in [1.807, 2.05) is 23.8 Å². The van der Waals surface area contributed by atoms with Gasteiger partial charge in [0.15, 0.2) is 0 Å². The van der Waals surface area contributed by atoms with Crippen molar-refractivity contribution in [2.75, 3.05) is 5.32 Å². The Hall–Kier alpha value is -2.00. The molecule has 0 fully saturated rings. The largest absolute Gasteiger partial charge is 0.417 e. The van der Waals surface area contributed by atoms with Crippen LogP contribution in [0.3, 0.4) is 0 Å². The minimum atomic E-state index is -4.51. The van der Waals surface area contributed by atoms with Crippen molar-refractivity contribution < 1.29 is 13.2 Å². The van der Waals surface area contributed by atoms with Gasteiger partial charge in [0.2, 0.25) is 0 Å². The summed E-state index contributed by atoms with van der Waals surface area (Å²) < 4.78 is 38.0. The molecule has 1 atom stereocenters. The van der Waals surface area contributed by atoms with Gasteiger partial charge >= 0.3 is 6.18 Å². The molecule has 0 aliphatic heterocycles. The normalized spacial score (nSPS) is 12.8. The van der Waals surface area contributed by atoms with E-state index in [1.54, 1.807) is 17.4 Å². The summed E-state index contributed by atoms with van der Waals surface area (Å²) in [6.07, 6.45) is -4.51. The van der Waals surface area contributed by atoms with Crippen molar-refractivity contribution in [3.8, 4) is 6.07 Å². The Balaban J connectivity index is 2.25. The lowest BCUT2D eigenvalue weighted by Crippen LogP contribution is -2.10. The van der Waals surface area contributed by atoms with Crippen molar-refractivity contribution in [1.29, 1.82) is 5.26 Å². The Bertz CT molecular complexity index is 627. The molecule has 2 rings (SSSR count). The molecule has 104 valence electrons. The predicted molar refractivity (Wildman–Crippen MR) is 72.5 cm³/mol. The molecular weight excluding hydrogens is 285 g/mol. The van der Waals surface area contributed by atoms with Crippen LogP contribution in [0.25, 0.3) is 0 Å². The zero-order valence-electron chi connectivity index (χ0n) is 10.5. The first-order chi connectivity index (χ1) is 9.41. The second-order valence-electron chi connectivity index (χ2n) is 4.29. The molecule has 1 N–H and O–H groups in total. The van der Waals surface area contributed by atoms with Crippen molar-refractivity contribution in [2.45, 2.75) is 19.1 Å². The summed E-state index contributed by atoms with van der Waals surface area (Å²) in [5.41, 5.74) is 0.260. The van der Waals surface area contributed by atoms with Crippen LogP contribution in [-0.4, -0.2) is 0 Å². The van der Waals surface area contributed by atoms with Gasteiger partial charge in [-0.15, -0.1) is 0 Å². The van der Waals surface area contributed by atoms with E-state index in [0.29, 0.717) is 5.69 Å². The standard InChI is InChI=1S/C14H11F3N2S/c1-9(10-4-5-20-8-10)19-12-2-3-13(14(15,16)17)11(6-12)7-18/h2-6,8-9,19H,1H3.